The Bertz CT molecular complexity index is 2120. The van der Waals surface area contributed by atoms with Gasteiger partial charge < -0.3 is 29.5 Å². The van der Waals surface area contributed by atoms with Gasteiger partial charge in [0.05, 0.1) is 36.5 Å². The number of nitrogens with zero attached hydrogens (tertiary/aromatic N) is 2. The van der Waals surface area contributed by atoms with Crippen molar-refractivity contribution in [3.05, 3.63) is 114 Å². The van der Waals surface area contributed by atoms with Crippen LogP contribution >= 0.6 is 81.4 Å². The number of aliphatic hydroxyl groups is 2. The third-order valence-corrected chi connectivity index (χ3v) is 14.6. The first-order valence-electron chi connectivity index (χ1n) is 21.0. The molecule has 2 fully saturated rings. The summed E-state index contributed by atoms with van der Waals surface area (Å²) in [7, 11) is 0. The molecule has 63 heavy (non-hydrogen) atoms. The SMILES string of the molecule is O=C(/C=C/c1ccc(Sc2ccc(/C=C/C(=O)N3CCC(CCOCCO)CC3)c(-c3ccc(Cl)cc3Cl)c2Cl)c(Cl)c1-c1ccc(Cl)cc1Cl)N1CCC(CCOCCO)CC1. The number of ether oxygens (including phenoxy) is 2. The molecule has 336 valence electrons. The normalized spacial score (nSPS) is 15.3. The first-order chi connectivity index (χ1) is 30.5. The van der Waals surface area contributed by atoms with Crippen LogP contribution < -0.4 is 0 Å². The number of piperidine rings is 2. The van der Waals surface area contributed by atoms with Crippen molar-refractivity contribution in [3.8, 4) is 22.3 Å². The summed E-state index contributed by atoms with van der Waals surface area (Å²) in [6.07, 6.45) is 12.1. The van der Waals surface area contributed by atoms with Crippen molar-refractivity contribution in [2.24, 2.45) is 11.8 Å². The Kier molecular flexibility index (Phi) is 19.4. The summed E-state index contributed by atoms with van der Waals surface area (Å²) in [5.74, 6) is 0.756. The summed E-state index contributed by atoms with van der Waals surface area (Å²) in [6.45, 7) is 4.51. The van der Waals surface area contributed by atoms with Crippen LogP contribution in [0.15, 0.2) is 82.6 Å². The first kappa shape index (κ1) is 49.7. The molecule has 2 amide bonds. The van der Waals surface area contributed by atoms with Crippen molar-refractivity contribution >= 4 is 105 Å². The Morgan fingerprint density at radius 1 is 0.587 bits per heavy atom. The number of carbonyl (C=O) groups excluding carboxylic acids is 2. The van der Waals surface area contributed by atoms with E-state index in [1.807, 2.05) is 46.2 Å². The summed E-state index contributed by atoms with van der Waals surface area (Å²) in [5, 5.41) is 20.5. The van der Waals surface area contributed by atoms with Crippen LogP contribution in [-0.4, -0.2) is 97.6 Å². The number of hydrogen-bond acceptors (Lipinski definition) is 7. The van der Waals surface area contributed by atoms with Crippen molar-refractivity contribution < 1.29 is 29.3 Å². The Morgan fingerprint density at radius 3 is 1.35 bits per heavy atom. The summed E-state index contributed by atoms with van der Waals surface area (Å²) in [6, 6.07) is 18.0. The van der Waals surface area contributed by atoms with Gasteiger partial charge in [-0.25, -0.2) is 0 Å². The number of rotatable bonds is 18. The zero-order valence-corrected chi connectivity index (χ0v) is 40.0. The van der Waals surface area contributed by atoms with Crippen LogP contribution in [0.2, 0.25) is 30.1 Å². The predicted octanol–water partition coefficient (Wildman–Crippen LogP) is 12.4. The lowest BCUT2D eigenvalue weighted by molar-refractivity contribution is -0.128. The summed E-state index contributed by atoms with van der Waals surface area (Å²) in [5.41, 5.74) is 3.93. The Hall–Kier alpha value is -2.77. The van der Waals surface area contributed by atoms with Gasteiger partial charge in [0, 0.05) is 104 Å². The molecule has 0 atom stereocenters. The molecule has 15 heteroatoms. The van der Waals surface area contributed by atoms with Crippen LogP contribution in [0, 0.1) is 11.8 Å². The number of aliphatic hydroxyl groups excluding tert-OH is 2. The van der Waals surface area contributed by atoms with Crippen LogP contribution in [-0.2, 0) is 19.1 Å². The zero-order valence-electron chi connectivity index (χ0n) is 34.6. The van der Waals surface area contributed by atoms with Gasteiger partial charge in [-0.15, -0.1) is 0 Å². The molecular formula is C48H50Cl6N2O6S. The Labute approximate surface area is 404 Å². The van der Waals surface area contributed by atoms with E-state index in [0.717, 1.165) is 38.5 Å². The number of halogens is 6. The highest BCUT2D eigenvalue weighted by Crippen LogP contribution is 2.48. The number of amides is 2. The van der Waals surface area contributed by atoms with Crippen molar-refractivity contribution in [1.82, 2.24) is 9.80 Å². The molecule has 4 aromatic rings. The van der Waals surface area contributed by atoms with Gasteiger partial charge in [0.2, 0.25) is 11.8 Å². The van der Waals surface area contributed by atoms with Crippen LogP contribution in [0.5, 0.6) is 0 Å². The molecular weight excluding hydrogens is 945 g/mol. The number of hydrogen-bond donors (Lipinski definition) is 2. The topological polar surface area (TPSA) is 99.5 Å². The average molecular weight is 996 g/mol. The van der Waals surface area contributed by atoms with E-state index in [9.17, 15) is 9.59 Å². The summed E-state index contributed by atoms with van der Waals surface area (Å²) < 4.78 is 10.9. The van der Waals surface area contributed by atoms with Crippen molar-refractivity contribution in [3.63, 3.8) is 0 Å². The van der Waals surface area contributed by atoms with Crippen molar-refractivity contribution in [2.75, 3.05) is 65.8 Å². The van der Waals surface area contributed by atoms with Crippen molar-refractivity contribution in [1.29, 1.82) is 0 Å². The molecule has 0 saturated carbocycles. The van der Waals surface area contributed by atoms with Gasteiger partial charge in [-0.3, -0.25) is 9.59 Å². The second kappa shape index (κ2) is 24.7. The molecule has 6 rings (SSSR count). The van der Waals surface area contributed by atoms with Gasteiger partial charge in [-0.1, -0.05) is 106 Å². The summed E-state index contributed by atoms with van der Waals surface area (Å²) in [4.78, 5) is 32.0. The van der Waals surface area contributed by atoms with Crippen LogP contribution in [0.1, 0.15) is 49.7 Å². The van der Waals surface area contributed by atoms with Gasteiger partial charge in [-0.05, 0) is 110 Å². The fourth-order valence-corrected chi connectivity index (χ4v) is 10.6. The highest BCUT2D eigenvalue weighted by Gasteiger charge is 2.25. The smallest absolute Gasteiger partial charge is 0.246 e. The molecule has 2 heterocycles. The fraction of sp³-hybridized carbons (Fsp3) is 0.375. The molecule has 2 saturated heterocycles. The minimum atomic E-state index is -0.0925. The van der Waals surface area contributed by atoms with Gasteiger partial charge in [0.25, 0.3) is 0 Å². The number of benzene rings is 4. The lowest BCUT2D eigenvalue weighted by atomic mass is 9.94. The second-order valence-electron chi connectivity index (χ2n) is 15.5. The van der Waals surface area contributed by atoms with Crippen LogP contribution in [0.25, 0.3) is 34.4 Å². The van der Waals surface area contributed by atoms with Gasteiger partial charge in [0.15, 0.2) is 0 Å². The molecule has 8 nitrogen and oxygen atoms in total. The number of likely N-dealkylation sites (tertiary alicyclic amines) is 2. The molecule has 0 unspecified atom stereocenters. The van der Waals surface area contributed by atoms with Gasteiger partial charge in [0.1, 0.15) is 0 Å². The van der Waals surface area contributed by atoms with Crippen LogP contribution in [0.4, 0.5) is 0 Å². The molecule has 4 aromatic carbocycles. The Morgan fingerprint density at radius 2 is 0.984 bits per heavy atom. The van der Waals surface area contributed by atoms with E-state index in [2.05, 4.69) is 0 Å². The van der Waals surface area contributed by atoms with E-state index in [-0.39, 0.29) is 25.0 Å². The first-order valence-corrected chi connectivity index (χ1v) is 24.1. The van der Waals surface area contributed by atoms with Gasteiger partial charge >= 0.3 is 0 Å². The van der Waals surface area contributed by atoms with Crippen LogP contribution in [0.3, 0.4) is 0 Å². The molecule has 0 radical (unpaired) electrons. The molecule has 2 N–H and O–H groups in total. The molecule has 0 spiro atoms. The molecule has 2 aliphatic heterocycles. The van der Waals surface area contributed by atoms with E-state index in [0.29, 0.717) is 138 Å². The van der Waals surface area contributed by atoms with Crippen molar-refractivity contribution in [2.45, 2.75) is 48.3 Å². The second-order valence-corrected chi connectivity index (χ2v) is 19.0. The lowest BCUT2D eigenvalue weighted by Gasteiger charge is -2.31. The largest absolute Gasteiger partial charge is 0.394 e. The highest BCUT2D eigenvalue weighted by atomic mass is 35.5. The maximum atomic E-state index is 13.5. The third-order valence-electron chi connectivity index (χ3n) is 11.4. The van der Waals surface area contributed by atoms with E-state index in [4.69, 9.17) is 89.3 Å². The standard InChI is InChI=1S/C48H50Cl6N2O6S/c49-35-5-7-37(39(51)29-35)45-33(3-11-43(59)55-19-13-31(14-20-55)17-25-61-27-23-57)1-9-41(47(45)53)63-42-10-2-34(46(48(42)54)38-8-6-36(50)30-40(38)52)4-12-44(60)56-21-15-32(16-22-56)18-26-62-28-24-58/h1-12,29-32,57-58H,13-28H2/b11-3+,12-4+. The van der Waals surface area contributed by atoms with E-state index < -0.39 is 0 Å². The van der Waals surface area contributed by atoms with E-state index >= 15 is 0 Å². The Balaban J connectivity index is 1.25. The lowest BCUT2D eigenvalue weighted by Crippen LogP contribution is -2.37. The maximum absolute atomic E-state index is 13.5. The molecule has 0 aromatic heterocycles. The average Bonchev–Trinajstić information content (AvgIpc) is 3.27. The maximum Gasteiger partial charge on any atom is 0.246 e. The highest BCUT2D eigenvalue weighted by molar-refractivity contribution is 7.99. The molecule has 0 aliphatic carbocycles. The monoisotopic (exact) mass is 992 g/mol. The molecule has 2 aliphatic rings. The fourth-order valence-electron chi connectivity index (χ4n) is 7.88. The van der Waals surface area contributed by atoms with Gasteiger partial charge in [-0.2, -0.15) is 0 Å². The summed E-state index contributed by atoms with van der Waals surface area (Å²) >= 11 is 42.3. The minimum Gasteiger partial charge on any atom is -0.394 e. The van der Waals surface area contributed by atoms with E-state index in [1.165, 1.54) is 11.8 Å². The minimum absolute atomic E-state index is 0.0120. The zero-order chi connectivity index (χ0) is 44.9. The number of carbonyl (C=O) groups is 2. The predicted molar refractivity (Wildman–Crippen MR) is 260 cm³/mol. The quantitative estimate of drug-likeness (QED) is 0.0757. The molecule has 0 bridgehead atoms. The third kappa shape index (κ3) is 13.6. The van der Waals surface area contributed by atoms with E-state index in [1.54, 1.807) is 48.6 Å².